The second-order valence-electron chi connectivity index (χ2n) is 16.1. The summed E-state index contributed by atoms with van der Waals surface area (Å²) in [6.45, 7) is 5.06. The molecule has 0 saturated carbocycles. The van der Waals surface area contributed by atoms with Gasteiger partial charge in [-0.2, -0.15) is 0 Å². The van der Waals surface area contributed by atoms with E-state index in [0.29, 0.717) is 25.5 Å². The molecule has 8 rings (SSSR count). The van der Waals surface area contributed by atoms with Crippen LogP contribution in [0.3, 0.4) is 0 Å². The Bertz CT molecular complexity index is 2250. The maximum Gasteiger partial charge on any atom is 0.410 e. The molecule has 2 saturated heterocycles. The van der Waals surface area contributed by atoms with Gasteiger partial charge in [-0.3, -0.25) is 0 Å². The maximum atomic E-state index is 14.0. The molecule has 1 N–H and O–H groups in total. The summed E-state index contributed by atoms with van der Waals surface area (Å²) < 4.78 is 50.2. The van der Waals surface area contributed by atoms with Gasteiger partial charge in [0, 0.05) is 51.4 Å². The van der Waals surface area contributed by atoms with Crippen LogP contribution in [0.15, 0.2) is 127 Å². The number of rotatable bonds is 16. The lowest BCUT2D eigenvalue weighted by Crippen LogP contribution is -2.59. The first-order chi connectivity index (χ1) is 30.9. The van der Waals surface area contributed by atoms with Gasteiger partial charge in [-0.15, -0.1) is 0 Å². The molecular weight excluding hydrogens is 804 g/mol. The number of hydrogen-bond donors (Lipinski definition) is 1. The van der Waals surface area contributed by atoms with E-state index in [1.165, 1.54) is 6.07 Å². The quantitative estimate of drug-likeness (QED) is 0.0973. The molecule has 63 heavy (non-hydrogen) atoms. The molecule has 330 valence electrons. The lowest BCUT2D eigenvalue weighted by molar-refractivity contribution is -0.0351. The molecule has 5 aromatic rings. The minimum atomic E-state index is -0.620. The number of anilines is 2. The van der Waals surface area contributed by atoms with Gasteiger partial charge in [-0.1, -0.05) is 84.9 Å². The molecule has 0 bridgehead atoms. The van der Waals surface area contributed by atoms with Crippen molar-refractivity contribution in [1.29, 1.82) is 0 Å². The maximum absolute atomic E-state index is 14.0. The van der Waals surface area contributed by atoms with Gasteiger partial charge in [0.2, 0.25) is 0 Å². The Balaban J connectivity index is 1.04. The zero-order valence-corrected chi connectivity index (χ0v) is 35.6. The van der Waals surface area contributed by atoms with E-state index in [4.69, 9.17) is 28.4 Å². The van der Waals surface area contributed by atoms with Crippen LogP contribution in [0.5, 0.6) is 11.5 Å². The van der Waals surface area contributed by atoms with Crippen molar-refractivity contribution >= 4 is 23.6 Å². The second-order valence-corrected chi connectivity index (χ2v) is 16.1. The Labute approximate surface area is 368 Å². The number of fused-ring (bicyclic) bond motifs is 1. The molecule has 2 fully saturated rings. The van der Waals surface area contributed by atoms with Crippen LogP contribution in [0.2, 0.25) is 0 Å². The first-order valence-corrected chi connectivity index (χ1v) is 21.7. The van der Waals surface area contributed by atoms with Gasteiger partial charge >= 0.3 is 12.2 Å². The van der Waals surface area contributed by atoms with Crippen molar-refractivity contribution in [3.05, 3.63) is 155 Å². The molecule has 3 aliphatic heterocycles. The van der Waals surface area contributed by atoms with Crippen LogP contribution < -0.4 is 24.6 Å². The first kappa shape index (κ1) is 43.3. The van der Waals surface area contributed by atoms with Gasteiger partial charge < -0.3 is 48.4 Å². The number of carbonyl (C=O) groups excluding carboxylic acids is 2. The van der Waals surface area contributed by atoms with Crippen LogP contribution in [-0.4, -0.2) is 94.9 Å². The zero-order chi connectivity index (χ0) is 43.4. The van der Waals surface area contributed by atoms with Crippen molar-refractivity contribution in [2.24, 2.45) is 0 Å². The Morgan fingerprint density at radius 3 is 2.29 bits per heavy atom. The first-order valence-electron chi connectivity index (χ1n) is 21.7. The lowest BCUT2D eigenvalue weighted by Gasteiger charge is -2.43. The summed E-state index contributed by atoms with van der Waals surface area (Å²) in [6, 6.07) is 39.0. The fourth-order valence-electron chi connectivity index (χ4n) is 8.57. The Kier molecular flexibility index (Phi) is 14.6. The highest BCUT2D eigenvalue weighted by Crippen LogP contribution is 2.36. The van der Waals surface area contributed by atoms with Gasteiger partial charge in [0.1, 0.15) is 43.2 Å². The van der Waals surface area contributed by atoms with Crippen molar-refractivity contribution in [2.75, 3.05) is 69.4 Å². The molecule has 3 aliphatic rings. The number of nitrogens with zero attached hydrogens (tertiary/aromatic N) is 3. The third-order valence-electron chi connectivity index (χ3n) is 11.7. The molecule has 0 spiro atoms. The fourth-order valence-corrected chi connectivity index (χ4v) is 8.57. The number of nitrogens with one attached hydrogen (secondary N) is 1. The summed E-state index contributed by atoms with van der Waals surface area (Å²) in [5.41, 5.74) is 5.39. The standard InChI is InChI=1S/C50H55FN4O8/c1-58-26-9-23-53-25-27-59-46-21-16-38(28-45(46)53)35-60-47-32-55(50(57)62-34-37-12-6-3-7-13-37)31-44(52-49(56)61-33-36-10-4-2-5-11-36)48(47)39-17-19-42(20-18-39)63-43-22-24-54(30-43)41-15-8-14-40(51)29-41/h2-8,10-21,28-29,43-44,47-48H,9,22-27,30-35H2,1H3,(H,52,56). The summed E-state index contributed by atoms with van der Waals surface area (Å²) in [5, 5.41) is 3.11. The van der Waals surface area contributed by atoms with E-state index < -0.39 is 30.3 Å². The number of likely N-dealkylation sites (tertiary alicyclic amines) is 1. The summed E-state index contributed by atoms with van der Waals surface area (Å²) in [4.78, 5) is 33.5. The van der Waals surface area contributed by atoms with Crippen molar-refractivity contribution < 1.29 is 42.4 Å². The van der Waals surface area contributed by atoms with E-state index in [0.717, 1.165) is 71.9 Å². The number of halogens is 1. The Morgan fingerprint density at radius 2 is 1.54 bits per heavy atom. The molecule has 4 atom stereocenters. The van der Waals surface area contributed by atoms with Crippen LogP contribution in [0.25, 0.3) is 0 Å². The normalized spacial score (nSPS) is 19.5. The second kappa shape index (κ2) is 21.2. The van der Waals surface area contributed by atoms with Crippen LogP contribution in [-0.2, 0) is 38.8 Å². The summed E-state index contributed by atoms with van der Waals surface area (Å²) in [7, 11) is 1.71. The van der Waals surface area contributed by atoms with E-state index in [1.54, 1.807) is 24.1 Å². The van der Waals surface area contributed by atoms with Crippen molar-refractivity contribution in [2.45, 2.75) is 56.8 Å². The largest absolute Gasteiger partial charge is 0.490 e. The van der Waals surface area contributed by atoms with E-state index >= 15 is 0 Å². The zero-order valence-electron chi connectivity index (χ0n) is 35.6. The highest BCUT2D eigenvalue weighted by molar-refractivity contribution is 5.70. The van der Waals surface area contributed by atoms with Gasteiger partial charge in [0.05, 0.1) is 44.1 Å². The minimum Gasteiger partial charge on any atom is -0.490 e. The number of ether oxygens (including phenoxy) is 6. The molecule has 0 aromatic heterocycles. The molecule has 5 aromatic carbocycles. The average molecular weight is 859 g/mol. The monoisotopic (exact) mass is 858 g/mol. The van der Waals surface area contributed by atoms with E-state index in [2.05, 4.69) is 21.2 Å². The molecule has 3 heterocycles. The fraction of sp³-hybridized carbons (Fsp3) is 0.360. The molecule has 4 unspecified atom stereocenters. The Morgan fingerprint density at radius 1 is 0.778 bits per heavy atom. The predicted molar refractivity (Wildman–Crippen MR) is 238 cm³/mol. The van der Waals surface area contributed by atoms with Gasteiger partial charge in [0.25, 0.3) is 0 Å². The van der Waals surface area contributed by atoms with Crippen LogP contribution in [0.4, 0.5) is 25.4 Å². The molecular formula is C50H55FN4O8. The SMILES string of the molecule is COCCCN1CCOc2ccc(COC3CN(C(=O)OCc4ccccc4)CC(NC(=O)OCc4ccccc4)C3c3ccc(OC4CCN(c5cccc(F)c5)C4)cc3)cc21. The van der Waals surface area contributed by atoms with Crippen LogP contribution in [0, 0.1) is 5.82 Å². The highest BCUT2D eigenvalue weighted by Gasteiger charge is 2.42. The summed E-state index contributed by atoms with van der Waals surface area (Å²) in [6.07, 6.45) is -0.0958. The van der Waals surface area contributed by atoms with Crippen molar-refractivity contribution in [3.63, 3.8) is 0 Å². The number of benzene rings is 5. The number of carbonyl (C=O) groups is 2. The van der Waals surface area contributed by atoms with E-state index in [1.807, 2.05) is 103 Å². The number of alkyl carbamates (subject to hydrolysis) is 1. The third-order valence-corrected chi connectivity index (χ3v) is 11.7. The van der Waals surface area contributed by atoms with Crippen molar-refractivity contribution in [1.82, 2.24) is 10.2 Å². The Hall–Kier alpha value is -6.31. The molecule has 2 amide bonds. The van der Waals surface area contributed by atoms with Gasteiger partial charge in [-0.25, -0.2) is 14.0 Å². The molecule has 0 aliphatic carbocycles. The average Bonchev–Trinajstić information content (AvgIpc) is 3.79. The predicted octanol–water partition coefficient (Wildman–Crippen LogP) is 8.34. The van der Waals surface area contributed by atoms with E-state index in [-0.39, 0.29) is 44.8 Å². The van der Waals surface area contributed by atoms with E-state index in [9.17, 15) is 14.0 Å². The summed E-state index contributed by atoms with van der Waals surface area (Å²) >= 11 is 0. The van der Waals surface area contributed by atoms with Crippen LogP contribution >= 0.6 is 0 Å². The molecule has 12 nitrogen and oxygen atoms in total. The topological polar surface area (TPSA) is 111 Å². The number of methoxy groups -OCH3 is 1. The lowest BCUT2D eigenvalue weighted by atomic mass is 9.83. The summed E-state index contributed by atoms with van der Waals surface area (Å²) in [5.74, 6) is 0.856. The minimum absolute atomic E-state index is 0.0768. The number of piperidine rings is 1. The molecule has 13 heteroatoms. The smallest absolute Gasteiger partial charge is 0.410 e. The van der Waals surface area contributed by atoms with Crippen molar-refractivity contribution in [3.8, 4) is 11.5 Å². The van der Waals surface area contributed by atoms with Crippen LogP contribution in [0.1, 0.15) is 41.0 Å². The number of hydrogen-bond acceptors (Lipinski definition) is 10. The van der Waals surface area contributed by atoms with Gasteiger partial charge in [0.15, 0.2) is 0 Å². The highest BCUT2D eigenvalue weighted by atomic mass is 19.1. The third kappa shape index (κ3) is 11.6. The molecule has 0 radical (unpaired) electrons. The number of amides is 2. The van der Waals surface area contributed by atoms with Gasteiger partial charge in [-0.05, 0) is 71.1 Å².